The number of rotatable bonds is 11. The molecule has 1 aliphatic heterocycles. The van der Waals surface area contributed by atoms with Gasteiger partial charge in [0.1, 0.15) is 6.04 Å². The zero-order valence-electron chi connectivity index (χ0n) is 14.8. The van der Waals surface area contributed by atoms with Crippen molar-refractivity contribution in [3.8, 4) is 0 Å². The van der Waals surface area contributed by atoms with Crippen LogP contribution in [0.5, 0.6) is 0 Å². The standard InChI is InChI=1S/C13H17N5O10S/c14-17-15-5-4-7(13(23)24)16-9(19)2-1-3-11(21)28-18-10(20)6-8(12(18)22)29(25,26)27/h7-8H,1-6H2,(H,16,19)(H,23,24)(H,25,26,27). The number of amides is 3. The quantitative estimate of drug-likeness (QED) is 0.116. The molecule has 0 aliphatic carbocycles. The molecule has 1 saturated heterocycles. The topological polar surface area (TPSA) is 233 Å². The molecule has 16 heteroatoms. The zero-order chi connectivity index (χ0) is 22.2. The van der Waals surface area contributed by atoms with Crippen molar-refractivity contribution in [2.24, 2.45) is 5.11 Å². The molecule has 1 fully saturated rings. The average molecular weight is 435 g/mol. The summed E-state index contributed by atoms with van der Waals surface area (Å²) in [4.78, 5) is 64.6. The van der Waals surface area contributed by atoms with Crippen molar-refractivity contribution in [3.63, 3.8) is 0 Å². The Kier molecular flexibility index (Phi) is 8.50. The molecule has 2 atom stereocenters. The lowest BCUT2D eigenvalue weighted by atomic mass is 10.2. The maximum Gasteiger partial charge on any atom is 0.333 e. The molecule has 0 bridgehead atoms. The maximum atomic E-state index is 11.7. The Morgan fingerprint density at radius 3 is 2.52 bits per heavy atom. The third-order valence-corrected chi connectivity index (χ3v) is 4.70. The predicted octanol–water partition coefficient (Wildman–Crippen LogP) is -1.10. The minimum atomic E-state index is -4.84. The van der Waals surface area contributed by atoms with Gasteiger partial charge in [0.25, 0.3) is 21.9 Å². The van der Waals surface area contributed by atoms with E-state index in [1.165, 1.54) is 0 Å². The van der Waals surface area contributed by atoms with E-state index < -0.39 is 63.9 Å². The maximum absolute atomic E-state index is 11.7. The number of carboxylic acid groups (broad SMARTS) is 1. The van der Waals surface area contributed by atoms with Crippen LogP contribution in [0.2, 0.25) is 0 Å². The van der Waals surface area contributed by atoms with Gasteiger partial charge in [0, 0.05) is 24.3 Å². The van der Waals surface area contributed by atoms with Crippen molar-refractivity contribution in [1.29, 1.82) is 0 Å². The Hall–Kier alpha value is -3.23. The number of hydroxylamine groups is 2. The summed E-state index contributed by atoms with van der Waals surface area (Å²) in [5.74, 6) is -5.72. The van der Waals surface area contributed by atoms with Crippen LogP contribution >= 0.6 is 0 Å². The van der Waals surface area contributed by atoms with Gasteiger partial charge in [-0.25, -0.2) is 9.59 Å². The molecular formula is C13H17N5O10S. The molecule has 15 nitrogen and oxygen atoms in total. The Morgan fingerprint density at radius 2 is 2.00 bits per heavy atom. The summed E-state index contributed by atoms with van der Waals surface area (Å²) in [6.07, 6.45) is -1.89. The lowest BCUT2D eigenvalue weighted by Gasteiger charge is -2.14. The molecule has 0 aromatic carbocycles. The van der Waals surface area contributed by atoms with E-state index in [1.54, 1.807) is 0 Å². The first-order valence-corrected chi connectivity index (χ1v) is 9.54. The van der Waals surface area contributed by atoms with Crippen LogP contribution in [-0.4, -0.2) is 70.6 Å². The first kappa shape index (κ1) is 23.8. The Labute approximate surface area is 163 Å². The predicted molar refractivity (Wildman–Crippen MR) is 89.9 cm³/mol. The van der Waals surface area contributed by atoms with Crippen molar-refractivity contribution in [2.75, 3.05) is 6.54 Å². The molecular weight excluding hydrogens is 418 g/mol. The van der Waals surface area contributed by atoms with Crippen LogP contribution in [0.4, 0.5) is 0 Å². The number of nitrogens with one attached hydrogen (secondary N) is 1. The monoisotopic (exact) mass is 435 g/mol. The Bertz CT molecular complexity index is 850. The highest BCUT2D eigenvalue weighted by Gasteiger charge is 2.48. The third-order valence-electron chi connectivity index (χ3n) is 3.61. The SMILES string of the molecule is [N-]=[N+]=NCCC(NC(=O)CCCC(=O)ON1C(=O)CC(S(=O)(=O)O)C1=O)C(=O)O. The van der Waals surface area contributed by atoms with E-state index in [-0.39, 0.29) is 30.9 Å². The molecule has 1 aliphatic rings. The molecule has 1 rings (SSSR count). The molecule has 1 heterocycles. The largest absolute Gasteiger partial charge is 0.480 e. The van der Waals surface area contributed by atoms with Crippen molar-refractivity contribution in [3.05, 3.63) is 10.4 Å². The number of nitrogens with zero attached hydrogens (tertiary/aromatic N) is 4. The van der Waals surface area contributed by atoms with E-state index in [9.17, 15) is 32.4 Å². The first-order valence-electron chi connectivity index (χ1n) is 8.04. The molecule has 0 aromatic rings. The lowest BCUT2D eigenvalue weighted by molar-refractivity contribution is -0.197. The second kappa shape index (κ2) is 10.4. The van der Waals surface area contributed by atoms with E-state index >= 15 is 0 Å². The van der Waals surface area contributed by atoms with E-state index in [1.807, 2.05) is 0 Å². The van der Waals surface area contributed by atoms with E-state index in [2.05, 4.69) is 20.2 Å². The molecule has 0 radical (unpaired) electrons. The summed E-state index contributed by atoms with van der Waals surface area (Å²) in [7, 11) is -4.84. The van der Waals surface area contributed by atoms with Gasteiger partial charge >= 0.3 is 11.9 Å². The van der Waals surface area contributed by atoms with Crippen LogP contribution < -0.4 is 5.32 Å². The highest BCUT2D eigenvalue weighted by molar-refractivity contribution is 7.87. The number of azide groups is 1. The average Bonchev–Trinajstić information content (AvgIpc) is 2.89. The number of aliphatic carboxylic acids is 1. The molecule has 3 N–H and O–H groups in total. The molecule has 2 unspecified atom stereocenters. The van der Waals surface area contributed by atoms with Gasteiger partial charge in [0.05, 0.1) is 6.42 Å². The summed E-state index contributed by atoms with van der Waals surface area (Å²) in [5.41, 5.74) is 8.15. The number of carbonyl (C=O) groups is 5. The highest BCUT2D eigenvalue weighted by atomic mass is 32.2. The minimum absolute atomic E-state index is 0.0585. The van der Waals surface area contributed by atoms with Crippen LogP contribution in [0.3, 0.4) is 0 Å². The van der Waals surface area contributed by atoms with Crippen molar-refractivity contribution >= 4 is 39.8 Å². The van der Waals surface area contributed by atoms with Gasteiger partial charge in [-0.05, 0) is 18.4 Å². The summed E-state index contributed by atoms with van der Waals surface area (Å²) in [6.45, 7) is -0.150. The molecule has 3 amide bonds. The van der Waals surface area contributed by atoms with E-state index in [0.29, 0.717) is 0 Å². The Balaban J connectivity index is 2.46. The van der Waals surface area contributed by atoms with Gasteiger partial charge in [-0.1, -0.05) is 5.11 Å². The number of carbonyl (C=O) groups excluding carboxylic acids is 4. The van der Waals surface area contributed by atoms with Gasteiger partial charge in [0.2, 0.25) is 5.91 Å². The smallest absolute Gasteiger partial charge is 0.333 e. The summed E-state index contributed by atoms with van der Waals surface area (Å²) in [5, 5.41) is 12.2. The fourth-order valence-corrected chi connectivity index (χ4v) is 2.91. The van der Waals surface area contributed by atoms with Gasteiger partial charge in [0.15, 0.2) is 5.25 Å². The molecule has 160 valence electrons. The lowest BCUT2D eigenvalue weighted by Crippen LogP contribution is -2.41. The minimum Gasteiger partial charge on any atom is -0.480 e. The molecule has 0 aromatic heterocycles. The summed E-state index contributed by atoms with van der Waals surface area (Å²) < 4.78 is 30.8. The number of carboxylic acids is 1. The summed E-state index contributed by atoms with van der Waals surface area (Å²) in [6, 6.07) is -1.29. The number of imide groups is 1. The van der Waals surface area contributed by atoms with E-state index in [4.69, 9.17) is 15.2 Å². The van der Waals surface area contributed by atoms with Gasteiger partial charge in [-0.15, -0.1) is 5.06 Å². The fourth-order valence-electron chi connectivity index (χ4n) is 2.21. The van der Waals surface area contributed by atoms with Crippen molar-refractivity contribution < 1.29 is 46.9 Å². The normalized spacial score (nSPS) is 17.4. The van der Waals surface area contributed by atoms with Crippen LogP contribution in [0.25, 0.3) is 10.4 Å². The first-order chi connectivity index (χ1) is 13.5. The van der Waals surface area contributed by atoms with Crippen LogP contribution in [-0.2, 0) is 38.9 Å². The molecule has 29 heavy (non-hydrogen) atoms. The van der Waals surface area contributed by atoms with Crippen LogP contribution in [0, 0.1) is 0 Å². The van der Waals surface area contributed by atoms with Gasteiger partial charge in [-0.3, -0.25) is 18.9 Å². The second-order valence-corrected chi connectivity index (χ2v) is 7.35. The van der Waals surface area contributed by atoms with Crippen molar-refractivity contribution in [1.82, 2.24) is 10.4 Å². The number of hydrogen-bond donors (Lipinski definition) is 3. The second-order valence-electron chi connectivity index (χ2n) is 5.75. The van der Waals surface area contributed by atoms with Gasteiger partial charge in [-0.2, -0.15) is 8.42 Å². The highest BCUT2D eigenvalue weighted by Crippen LogP contribution is 2.20. The fraction of sp³-hybridized carbons (Fsp3) is 0.615. The van der Waals surface area contributed by atoms with Crippen LogP contribution in [0.1, 0.15) is 32.1 Å². The molecule has 0 saturated carbocycles. The van der Waals surface area contributed by atoms with Gasteiger partial charge < -0.3 is 15.3 Å². The van der Waals surface area contributed by atoms with E-state index in [0.717, 1.165) is 0 Å². The van der Waals surface area contributed by atoms with Crippen molar-refractivity contribution in [2.45, 2.75) is 43.4 Å². The van der Waals surface area contributed by atoms with Crippen LogP contribution in [0.15, 0.2) is 5.11 Å². The third kappa shape index (κ3) is 7.36. The summed E-state index contributed by atoms with van der Waals surface area (Å²) >= 11 is 0. The number of hydrogen-bond acceptors (Lipinski definition) is 9. The molecule has 0 spiro atoms. The Morgan fingerprint density at radius 1 is 1.34 bits per heavy atom. The zero-order valence-corrected chi connectivity index (χ0v) is 15.6.